The number of amides is 1. The van der Waals surface area contributed by atoms with E-state index in [9.17, 15) is 4.79 Å². The van der Waals surface area contributed by atoms with Gasteiger partial charge in [0.05, 0.1) is 0 Å². The van der Waals surface area contributed by atoms with E-state index < -0.39 is 0 Å². The highest BCUT2D eigenvalue weighted by molar-refractivity contribution is 5.88. The van der Waals surface area contributed by atoms with Crippen molar-refractivity contribution in [1.82, 2.24) is 10.2 Å². The Balaban J connectivity index is 1.48. The van der Waals surface area contributed by atoms with Gasteiger partial charge in [0.15, 0.2) is 5.96 Å². The summed E-state index contributed by atoms with van der Waals surface area (Å²) in [5.41, 5.74) is 3.48. The summed E-state index contributed by atoms with van der Waals surface area (Å²) in [6.07, 6.45) is 2.07. The Kier molecular flexibility index (Phi) is 6.47. The average Bonchev–Trinajstić information content (AvgIpc) is 3.17. The molecule has 0 aliphatic carbocycles. The number of nitrogens with one attached hydrogen (secondary N) is 2. The van der Waals surface area contributed by atoms with Crippen molar-refractivity contribution in [2.45, 2.75) is 25.7 Å². The molecule has 1 aliphatic rings. The van der Waals surface area contributed by atoms with Crippen LogP contribution in [-0.4, -0.2) is 43.4 Å². The molecule has 0 bridgehead atoms. The minimum absolute atomic E-state index is 0.0485. The van der Waals surface area contributed by atoms with Crippen molar-refractivity contribution in [3.63, 3.8) is 0 Å². The zero-order valence-electron chi connectivity index (χ0n) is 16.1. The molecule has 1 fully saturated rings. The lowest BCUT2D eigenvalue weighted by molar-refractivity contribution is -0.114. The highest BCUT2D eigenvalue weighted by Crippen LogP contribution is 2.26. The summed E-state index contributed by atoms with van der Waals surface area (Å²) in [5.74, 6) is 1.50. The van der Waals surface area contributed by atoms with E-state index in [-0.39, 0.29) is 5.91 Å². The summed E-state index contributed by atoms with van der Waals surface area (Å²) >= 11 is 0. The molecule has 1 saturated heterocycles. The maximum absolute atomic E-state index is 11.1. The molecule has 0 aromatic heterocycles. The second-order valence-corrected chi connectivity index (χ2v) is 6.94. The van der Waals surface area contributed by atoms with Crippen LogP contribution >= 0.6 is 0 Å². The first-order valence-corrected chi connectivity index (χ1v) is 9.53. The van der Waals surface area contributed by atoms with Crippen LogP contribution in [0.15, 0.2) is 59.6 Å². The molecule has 142 valence electrons. The van der Waals surface area contributed by atoms with Crippen LogP contribution in [0.25, 0.3) is 0 Å². The second kappa shape index (κ2) is 9.21. The van der Waals surface area contributed by atoms with E-state index in [1.54, 1.807) is 0 Å². The Morgan fingerprint density at radius 3 is 2.56 bits per heavy atom. The van der Waals surface area contributed by atoms with Crippen LogP contribution in [0.3, 0.4) is 0 Å². The molecule has 1 amide bonds. The number of rotatable bonds is 5. The lowest BCUT2D eigenvalue weighted by Crippen LogP contribution is -2.40. The molecule has 0 spiro atoms. The molecule has 0 radical (unpaired) electrons. The molecule has 0 saturated carbocycles. The minimum atomic E-state index is -0.0485. The van der Waals surface area contributed by atoms with Crippen molar-refractivity contribution in [2.24, 2.45) is 4.99 Å². The van der Waals surface area contributed by atoms with Gasteiger partial charge >= 0.3 is 0 Å². The van der Waals surface area contributed by atoms with E-state index in [2.05, 4.69) is 63.0 Å². The quantitative estimate of drug-likeness (QED) is 0.632. The molecule has 2 aromatic rings. The SMILES string of the molecule is CN=C(NCCc1ccc(NC(C)=O)cc1)N1CCC(c2ccccc2)C1. The second-order valence-electron chi connectivity index (χ2n) is 6.94. The fourth-order valence-electron chi connectivity index (χ4n) is 3.56. The third-order valence-electron chi connectivity index (χ3n) is 4.94. The van der Waals surface area contributed by atoms with E-state index in [1.165, 1.54) is 18.1 Å². The van der Waals surface area contributed by atoms with Crippen molar-refractivity contribution < 1.29 is 4.79 Å². The predicted molar refractivity (Wildman–Crippen MR) is 111 cm³/mol. The van der Waals surface area contributed by atoms with Crippen LogP contribution < -0.4 is 10.6 Å². The van der Waals surface area contributed by atoms with Crippen LogP contribution in [0.4, 0.5) is 5.69 Å². The van der Waals surface area contributed by atoms with Crippen molar-refractivity contribution >= 4 is 17.6 Å². The smallest absolute Gasteiger partial charge is 0.221 e. The normalized spacial score (nSPS) is 17.0. The average molecular weight is 364 g/mol. The first-order valence-electron chi connectivity index (χ1n) is 9.53. The Morgan fingerprint density at radius 2 is 1.89 bits per heavy atom. The minimum Gasteiger partial charge on any atom is -0.356 e. The largest absolute Gasteiger partial charge is 0.356 e. The van der Waals surface area contributed by atoms with E-state index in [0.29, 0.717) is 5.92 Å². The van der Waals surface area contributed by atoms with Crippen molar-refractivity contribution in [2.75, 3.05) is 32.0 Å². The number of hydrogen-bond donors (Lipinski definition) is 2. The highest BCUT2D eigenvalue weighted by atomic mass is 16.1. The monoisotopic (exact) mass is 364 g/mol. The molecule has 1 unspecified atom stereocenters. The van der Waals surface area contributed by atoms with Gasteiger partial charge in [0.1, 0.15) is 0 Å². The Labute approximate surface area is 161 Å². The van der Waals surface area contributed by atoms with Crippen LogP contribution in [-0.2, 0) is 11.2 Å². The first-order chi connectivity index (χ1) is 13.2. The topological polar surface area (TPSA) is 56.7 Å². The van der Waals surface area contributed by atoms with Gasteiger partial charge in [-0.15, -0.1) is 0 Å². The maximum Gasteiger partial charge on any atom is 0.221 e. The standard InChI is InChI=1S/C22H28N4O/c1-17(27)25-21-10-8-18(9-11-21)12-14-24-22(23-2)26-15-13-20(16-26)19-6-4-3-5-7-19/h3-11,20H,12-16H2,1-2H3,(H,23,24)(H,25,27). The molecule has 27 heavy (non-hydrogen) atoms. The third kappa shape index (κ3) is 5.33. The number of anilines is 1. The van der Waals surface area contributed by atoms with Crippen LogP contribution in [0, 0.1) is 0 Å². The third-order valence-corrected chi connectivity index (χ3v) is 4.94. The number of nitrogens with zero attached hydrogens (tertiary/aromatic N) is 2. The number of aliphatic imine (C=N–C) groups is 1. The van der Waals surface area contributed by atoms with E-state index in [0.717, 1.165) is 44.1 Å². The molecule has 2 aromatic carbocycles. The first kappa shape index (κ1) is 19.0. The van der Waals surface area contributed by atoms with Crippen LogP contribution in [0.1, 0.15) is 30.4 Å². The van der Waals surface area contributed by atoms with Crippen LogP contribution in [0.2, 0.25) is 0 Å². The van der Waals surface area contributed by atoms with E-state index >= 15 is 0 Å². The predicted octanol–water partition coefficient (Wildman–Crippen LogP) is 3.25. The van der Waals surface area contributed by atoms with Crippen molar-refractivity contribution in [3.8, 4) is 0 Å². The molecule has 5 heteroatoms. The van der Waals surface area contributed by atoms with Crippen LogP contribution in [0.5, 0.6) is 0 Å². The summed E-state index contributed by atoms with van der Waals surface area (Å²) in [6, 6.07) is 18.7. The Hall–Kier alpha value is -2.82. The van der Waals surface area contributed by atoms with Gasteiger partial charge in [-0.05, 0) is 36.1 Å². The number of carbonyl (C=O) groups is 1. The Bertz CT molecular complexity index is 771. The van der Waals surface area contributed by atoms with Gasteiger partial charge in [0, 0.05) is 45.2 Å². The molecule has 1 heterocycles. The van der Waals surface area contributed by atoms with Gasteiger partial charge in [-0.3, -0.25) is 9.79 Å². The van der Waals surface area contributed by atoms with Gasteiger partial charge in [-0.2, -0.15) is 0 Å². The van der Waals surface area contributed by atoms with E-state index in [1.807, 2.05) is 19.2 Å². The van der Waals surface area contributed by atoms with Gasteiger partial charge in [-0.1, -0.05) is 42.5 Å². The molecule has 1 atom stereocenters. The summed E-state index contributed by atoms with van der Waals surface area (Å²) in [6.45, 7) is 4.39. The number of likely N-dealkylation sites (tertiary alicyclic amines) is 1. The molecule has 5 nitrogen and oxygen atoms in total. The summed E-state index contributed by atoms with van der Waals surface area (Å²) in [4.78, 5) is 17.9. The Morgan fingerprint density at radius 1 is 1.15 bits per heavy atom. The number of benzene rings is 2. The molecular formula is C22H28N4O. The maximum atomic E-state index is 11.1. The number of guanidine groups is 1. The van der Waals surface area contributed by atoms with Gasteiger partial charge in [0.2, 0.25) is 5.91 Å². The number of carbonyl (C=O) groups excluding carboxylic acids is 1. The van der Waals surface area contributed by atoms with Gasteiger partial charge in [-0.25, -0.2) is 0 Å². The summed E-state index contributed by atoms with van der Waals surface area (Å²) in [5, 5.41) is 6.27. The fourth-order valence-corrected chi connectivity index (χ4v) is 3.56. The zero-order chi connectivity index (χ0) is 19.1. The molecule has 3 rings (SSSR count). The molecular weight excluding hydrogens is 336 g/mol. The number of hydrogen-bond acceptors (Lipinski definition) is 2. The highest BCUT2D eigenvalue weighted by Gasteiger charge is 2.25. The molecule has 1 aliphatic heterocycles. The fraction of sp³-hybridized carbons (Fsp3) is 0.364. The summed E-state index contributed by atoms with van der Waals surface area (Å²) < 4.78 is 0. The van der Waals surface area contributed by atoms with Crippen molar-refractivity contribution in [1.29, 1.82) is 0 Å². The zero-order valence-corrected chi connectivity index (χ0v) is 16.1. The molecule has 2 N–H and O–H groups in total. The lowest BCUT2D eigenvalue weighted by atomic mass is 9.99. The van der Waals surface area contributed by atoms with Gasteiger partial charge < -0.3 is 15.5 Å². The lowest BCUT2D eigenvalue weighted by Gasteiger charge is -2.22. The van der Waals surface area contributed by atoms with Gasteiger partial charge in [0.25, 0.3) is 0 Å². The van der Waals surface area contributed by atoms with Crippen molar-refractivity contribution in [3.05, 3.63) is 65.7 Å². The summed E-state index contributed by atoms with van der Waals surface area (Å²) in [7, 11) is 1.85. The van der Waals surface area contributed by atoms with E-state index in [4.69, 9.17) is 0 Å².